The van der Waals surface area contributed by atoms with E-state index in [-0.39, 0.29) is 19.2 Å². The van der Waals surface area contributed by atoms with Gasteiger partial charge in [-0.15, -0.1) is 0 Å². The van der Waals surface area contributed by atoms with E-state index in [9.17, 15) is 23.7 Å². The van der Waals surface area contributed by atoms with E-state index in [2.05, 4.69) is 0 Å². The van der Waals surface area contributed by atoms with E-state index in [1.165, 1.54) is 0 Å². The number of nitrogens with zero attached hydrogens (tertiary/aromatic N) is 2. The van der Waals surface area contributed by atoms with Crippen LogP contribution < -0.4 is 0 Å². The maximum absolute atomic E-state index is 13.9. The van der Waals surface area contributed by atoms with Crippen LogP contribution in [0, 0.1) is 21.7 Å². The van der Waals surface area contributed by atoms with Crippen LogP contribution in [-0.4, -0.2) is 40.0 Å². The number of carbonyl (C=O) groups excluding carboxylic acids is 1. The maximum atomic E-state index is 13.9. The summed E-state index contributed by atoms with van der Waals surface area (Å²) >= 11 is 0. The van der Waals surface area contributed by atoms with Crippen molar-refractivity contribution in [2.75, 3.05) is 13.2 Å². The molecule has 108 valence electrons. The topological polar surface area (TPSA) is 83.7 Å². The number of aliphatic hydroxyl groups is 1. The van der Waals surface area contributed by atoms with Crippen molar-refractivity contribution in [3.63, 3.8) is 0 Å². The Bertz CT molecular complexity index is 561. The molecule has 0 spiro atoms. The highest BCUT2D eigenvalue weighted by atomic mass is 19.1. The number of hydrogen-bond donors (Lipinski definition) is 1. The first kappa shape index (κ1) is 14.3. The molecular weight excluding hydrogens is 274 g/mol. The van der Waals surface area contributed by atoms with Crippen LogP contribution in [-0.2, 0) is 0 Å². The minimum Gasteiger partial charge on any atom is -0.395 e. The fraction of sp³-hybridized carbons (Fsp3) is 0.417. The van der Waals surface area contributed by atoms with Crippen LogP contribution in [0.5, 0.6) is 0 Å². The largest absolute Gasteiger partial charge is 0.395 e. The van der Waals surface area contributed by atoms with Gasteiger partial charge in [0.15, 0.2) is 0 Å². The molecule has 6 nitrogen and oxygen atoms in total. The molecule has 2 rings (SSSR count). The molecule has 1 aliphatic rings. The number of aliphatic hydroxyl groups excluding tert-OH is 1. The molecule has 0 saturated heterocycles. The molecule has 1 saturated carbocycles. The average molecular weight is 286 g/mol. The second-order valence-corrected chi connectivity index (χ2v) is 4.47. The third-order valence-corrected chi connectivity index (χ3v) is 3.07. The van der Waals surface area contributed by atoms with Crippen LogP contribution in [0.2, 0.25) is 0 Å². The molecule has 0 aliphatic heterocycles. The lowest BCUT2D eigenvalue weighted by atomic mass is 10.1. The van der Waals surface area contributed by atoms with Gasteiger partial charge < -0.3 is 10.0 Å². The predicted octanol–water partition coefficient (Wildman–Crippen LogP) is 1.47. The zero-order valence-corrected chi connectivity index (χ0v) is 10.4. The van der Waals surface area contributed by atoms with E-state index >= 15 is 0 Å². The lowest BCUT2D eigenvalue weighted by Gasteiger charge is -2.21. The molecule has 0 atom stereocenters. The molecule has 1 aromatic rings. The summed E-state index contributed by atoms with van der Waals surface area (Å²) in [6.45, 7) is -0.411. The van der Waals surface area contributed by atoms with Crippen LogP contribution in [0.3, 0.4) is 0 Å². The van der Waals surface area contributed by atoms with E-state index in [0.717, 1.165) is 4.90 Å². The summed E-state index contributed by atoms with van der Waals surface area (Å²) in [6, 6.07) is 1.20. The minimum absolute atomic E-state index is 0.0644. The van der Waals surface area contributed by atoms with Gasteiger partial charge in [0.25, 0.3) is 5.91 Å². The van der Waals surface area contributed by atoms with Crippen LogP contribution in [0.25, 0.3) is 0 Å². The smallest absolute Gasteiger partial charge is 0.305 e. The maximum Gasteiger partial charge on any atom is 0.305 e. The van der Waals surface area contributed by atoms with Gasteiger partial charge in [0.05, 0.1) is 11.5 Å². The highest BCUT2D eigenvalue weighted by Gasteiger charge is 2.36. The summed E-state index contributed by atoms with van der Waals surface area (Å²) in [6.07, 6.45) is 1.37. The van der Waals surface area contributed by atoms with Gasteiger partial charge in [0.2, 0.25) is 5.82 Å². The fourth-order valence-electron chi connectivity index (χ4n) is 1.97. The van der Waals surface area contributed by atoms with Gasteiger partial charge in [-0.05, 0) is 18.9 Å². The third kappa shape index (κ3) is 2.60. The molecule has 8 heteroatoms. The minimum atomic E-state index is -1.48. The van der Waals surface area contributed by atoms with Crippen molar-refractivity contribution < 1.29 is 23.6 Å². The van der Waals surface area contributed by atoms with E-state index in [4.69, 9.17) is 5.11 Å². The molecule has 0 heterocycles. The number of hydrogen-bond acceptors (Lipinski definition) is 4. The summed E-state index contributed by atoms with van der Waals surface area (Å²) in [7, 11) is 0. The Labute approximate surface area is 112 Å². The lowest BCUT2D eigenvalue weighted by molar-refractivity contribution is -0.387. The number of benzene rings is 1. The Morgan fingerprint density at radius 1 is 1.45 bits per heavy atom. The fourth-order valence-corrected chi connectivity index (χ4v) is 1.97. The Morgan fingerprint density at radius 3 is 2.60 bits per heavy atom. The van der Waals surface area contributed by atoms with Crippen molar-refractivity contribution in [1.82, 2.24) is 4.90 Å². The van der Waals surface area contributed by atoms with E-state index in [1.54, 1.807) is 0 Å². The molecule has 0 radical (unpaired) electrons. The average Bonchev–Trinajstić information content (AvgIpc) is 3.19. The first-order chi connectivity index (χ1) is 9.47. The molecule has 1 aliphatic carbocycles. The summed E-state index contributed by atoms with van der Waals surface area (Å²) < 4.78 is 27.6. The molecule has 1 amide bonds. The van der Waals surface area contributed by atoms with Gasteiger partial charge in [0.1, 0.15) is 11.4 Å². The molecule has 0 aromatic heterocycles. The zero-order chi connectivity index (χ0) is 14.9. The van der Waals surface area contributed by atoms with E-state index < -0.39 is 33.7 Å². The number of carbonyl (C=O) groups is 1. The quantitative estimate of drug-likeness (QED) is 0.656. The SMILES string of the molecule is O=C(c1c(F)ccc([N+](=O)[O-])c1F)N(CCO)C1CC1. The van der Waals surface area contributed by atoms with Crippen molar-refractivity contribution in [1.29, 1.82) is 0 Å². The Morgan fingerprint density at radius 2 is 2.10 bits per heavy atom. The van der Waals surface area contributed by atoms with Crippen LogP contribution >= 0.6 is 0 Å². The number of nitro groups is 1. The normalized spacial score (nSPS) is 14.2. The molecule has 20 heavy (non-hydrogen) atoms. The van der Waals surface area contributed by atoms with Gasteiger partial charge in [-0.1, -0.05) is 0 Å². The summed E-state index contributed by atoms with van der Waals surface area (Å²) in [5.74, 6) is -3.61. The molecular formula is C12H12F2N2O4. The second-order valence-electron chi connectivity index (χ2n) is 4.47. The number of amides is 1. The third-order valence-electron chi connectivity index (χ3n) is 3.07. The Kier molecular flexibility index (Phi) is 3.93. The van der Waals surface area contributed by atoms with Crippen molar-refractivity contribution in [2.24, 2.45) is 0 Å². The first-order valence-corrected chi connectivity index (χ1v) is 6.01. The number of nitro benzene ring substituents is 1. The predicted molar refractivity (Wildman–Crippen MR) is 64.2 cm³/mol. The lowest BCUT2D eigenvalue weighted by Crippen LogP contribution is -2.36. The molecule has 1 aromatic carbocycles. The van der Waals surface area contributed by atoms with E-state index in [0.29, 0.717) is 25.0 Å². The van der Waals surface area contributed by atoms with Gasteiger partial charge >= 0.3 is 5.69 Å². The van der Waals surface area contributed by atoms with Gasteiger partial charge in [0, 0.05) is 18.7 Å². The molecule has 0 bridgehead atoms. The highest BCUT2D eigenvalue weighted by molar-refractivity contribution is 5.96. The van der Waals surface area contributed by atoms with Crippen molar-refractivity contribution in [3.8, 4) is 0 Å². The highest BCUT2D eigenvalue weighted by Crippen LogP contribution is 2.30. The monoisotopic (exact) mass is 286 g/mol. The zero-order valence-electron chi connectivity index (χ0n) is 10.4. The molecule has 0 unspecified atom stereocenters. The summed E-state index contributed by atoms with van der Waals surface area (Å²) in [5.41, 5.74) is -1.89. The Balaban J connectivity index is 2.42. The van der Waals surface area contributed by atoms with Gasteiger partial charge in [-0.25, -0.2) is 4.39 Å². The van der Waals surface area contributed by atoms with Crippen LogP contribution in [0.1, 0.15) is 23.2 Å². The first-order valence-electron chi connectivity index (χ1n) is 6.01. The standard InChI is InChI=1S/C12H12F2N2O4/c13-8-3-4-9(16(19)20)11(14)10(8)12(18)15(5-6-17)7-1-2-7/h3-4,7,17H,1-2,5-6H2. The summed E-state index contributed by atoms with van der Waals surface area (Å²) in [5, 5.41) is 19.5. The number of halogens is 2. The van der Waals surface area contributed by atoms with Gasteiger partial charge in [-0.2, -0.15) is 4.39 Å². The van der Waals surface area contributed by atoms with Crippen molar-refractivity contribution in [3.05, 3.63) is 39.4 Å². The van der Waals surface area contributed by atoms with Crippen LogP contribution in [0.4, 0.5) is 14.5 Å². The van der Waals surface area contributed by atoms with Gasteiger partial charge in [-0.3, -0.25) is 14.9 Å². The molecule has 1 N–H and O–H groups in total. The summed E-state index contributed by atoms with van der Waals surface area (Å²) in [4.78, 5) is 22.9. The second kappa shape index (κ2) is 5.49. The molecule has 1 fully saturated rings. The van der Waals surface area contributed by atoms with Crippen molar-refractivity contribution in [2.45, 2.75) is 18.9 Å². The number of rotatable bonds is 5. The van der Waals surface area contributed by atoms with Crippen LogP contribution in [0.15, 0.2) is 12.1 Å². The van der Waals surface area contributed by atoms with E-state index in [1.807, 2.05) is 0 Å². The Hall–Kier alpha value is -2.09. The van der Waals surface area contributed by atoms with Crippen molar-refractivity contribution >= 4 is 11.6 Å².